The summed E-state index contributed by atoms with van der Waals surface area (Å²) in [7, 11) is 0. The Bertz CT molecular complexity index is 785. The third kappa shape index (κ3) is 1.35. The Morgan fingerprint density at radius 1 is 0.680 bits per heavy atom. The summed E-state index contributed by atoms with van der Waals surface area (Å²) in [6, 6.07) is 20.7. The fraction of sp³-hybridized carbons (Fsp3) is 0.429. The van der Waals surface area contributed by atoms with Crippen molar-refractivity contribution in [2.24, 2.45) is 23.7 Å². The Balaban J connectivity index is 1.49. The van der Waals surface area contributed by atoms with Crippen LogP contribution in [-0.2, 0) is 30.5 Å². The van der Waals surface area contributed by atoms with Crippen LogP contribution in [-0.4, -0.2) is 12.6 Å². The normalized spacial score (nSPS) is 50.7. The van der Waals surface area contributed by atoms with Crippen LogP contribution in [0.3, 0.4) is 0 Å². The molecule has 4 heteroatoms. The Hall–Kier alpha value is -1.72. The van der Waals surface area contributed by atoms with Crippen molar-refractivity contribution in [3.05, 3.63) is 71.8 Å². The van der Waals surface area contributed by atoms with E-state index in [2.05, 4.69) is 24.3 Å². The predicted octanol–water partition coefficient (Wildman–Crippen LogP) is 3.33. The molecule has 1 saturated carbocycles. The van der Waals surface area contributed by atoms with E-state index in [1.54, 1.807) is 0 Å². The molecule has 4 heterocycles. The maximum atomic E-state index is 6.83. The van der Waals surface area contributed by atoms with Gasteiger partial charge < -0.3 is 18.9 Å². The van der Waals surface area contributed by atoms with Gasteiger partial charge in [-0.25, -0.2) is 0 Å². The fourth-order valence-electron chi connectivity index (χ4n) is 6.19. The molecular formula is C21H18O4. The first-order valence-electron chi connectivity index (χ1n) is 9.14. The summed E-state index contributed by atoms with van der Waals surface area (Å²) in [5, 5.41) is 0. The van der Waals surface area contributed by atoms with Crippen molar-refractivity contribution in [2.45, 2.75) is 30.6 Å². The zero-order valence-electron chi connectivity index (χ0n) is 13.6. The molecule has 8 atom stereocenters. The van der Waals surface area contributed by atoms with Crippen molar-refractivity contribution in [1.29, 1.82) is 0 Å². The first kappa shape index (κ1) is 13.5. The largest absolute Gasteiger partial charge is 0.323 e. The smallest absolute Gasteiger partial charge is 0.204 e. The van der Waals surface area contributed by atoms with Crippen LogP contribution in [0.1, 0.15) is 17.5 Å². The number of ether oxygens (including phenoxy) is 4. The summed E-state index contributed by atoms with van der Waals surface area (Å²) >= 11 is 0. The highest BCUT2D eigenvalue weighted by atomic mass is 16.9. The summed E-state index contributed by atoms with van der Waals surface area (Å²) < 4.78 is 26.1. The van der Waals surface area contributed by atoms with E-state index in [0.717, 1.165) is 17.5 Å². The Morgan fingerprint density at radius 3 is 1.64 bits per heavy atom. The molecule has 1 aliphatic carbocycles. The van der Waals surface area contributed by atoms with Gasteiger partial charge in [0.05, 0.1) is 0 Å². The molecule has 0 spiro atoms. The van der Waals surface area contributed by atoms with Gasteiger partial charge in [0, 0.05) is 34.8 Å². The first-order chi connectivity index (χ1) is 12.3. The molecule has 4 nitrogen and oxygen atoms in total. The second-order valence-electron chi connectivity index (χ2n) is 7.89. The molecule has 4 aliphatic heterocycles. The van der Waals surface area contributed by atoms with Crippen LogP contribution in [0.5, 0.6) is 0 Å². The molecule has 4 saturated heterocycles. The monoisotopic (exact) mass is 334 g/mol. The molecule has 5 aliphatic rings. The van der Waals surface area contributed by atoms with Gasteiger partial charge in [-0.1, -0.05) is 60.7 Å². The van der Waals surface area contributed by atoms with Crippen LogP contribution in [0.4, 0.5) is 0 Å². The molecule has 5 fully saturated rings. The lowest BCUT2D eigenvalue weighted by atomic mass is 9.78. The van der Waals surface area contributed by atoms with Gasteiger partial charge in [0.2, 0.25) is 11.6 Å². The summed E-state index contributed by atoms with van der Waals surface area (Å²) in [5.41, 5.74) is 2.15. The third-order valence-corrected chi connectivity index (χ3v) is 6.94. The van der Waals surface area contributed by atoms with E-state index in [1.807, 2.05) is 36.4 Å². The molecule has 126 valence electrons. The Kier molecular flexibility index (Phi) is 2.24. The van der Waals surface area contributed by atoms with Crippen molar-refractivity contribution < 1.29 is 18.9 Å². The predicted molar refractivity (Wildman–Crippen MR) is 86.7 cm³/mol. The molecule has 0 N–H and O–H groups in total. The zero-order chi connectivity index (χ0) is 16.2. The lowest BCUT2D eigenvalue weighted by Gasteiger charge is -2.39. The molecular weight excluding hydrogens is 316 g/mol. The van der Waals surface area contributed by atoms with Crippen LogP contribution in [0.25, 0.3) is 0 Å². The molecule has 2 aromatic rings. The van der Waals surface area contributed by atoms with Gasteiger partial charge in [-0.2, -0.15) is 0 Å². The summed E-state index contributed by atoms with van der Waals surface area (Å²) in [6.07, 6.45) is 0.674. The molecule has 7 rings (SSSR count). The highest BCUT2D eigenvalue weighted by molar-refractivity contribution is 5.34. The highest BCUT2D eigenvalue weighted by Gasteiger charge is 2.83. The number of benzene rings is 2. The van der Waals surface area contributed by atoms with Gasteiger partial charge in [-0.05, 0) is 6.42 Å². The van der Waals surface area contributed by atoms with Gasteiger partial charge in [0.25, 0.3) is 0 Å². The van der Waals surface area contributed by atoms with Crippen LogP contribution in [0.2, 0.25) is 0 Å². The van der Waals surface area contributed by atoms with Crippen LogP contribution in [0.15, 0.2) is 60.7 Å². The minimum Gasteiger partial charge on any atom is -0.323 e. The van der Waals surface area contributed by atoms with Crippen molar-refractivity contribution in [3.63, 3.8) is 0 Å². The number of rotatable bonds is 2. The fourth-order valence-corrected chi connectivity index (χ4v) is 6.19. The Morgan fingerprint density at radius 2 is 1.16 bits per heavy atom. The average molecular weight is 334 g/mol. The second-order valence-corrected chi connectivity index (χ2v) is 7.89. The second kappa shape index (κ2) is 4.15. The van der Waals surface area contributed by atoms with Crippen LogP contribution < -0.4 is 0 Å². The van der Waals surface area contributed by atoms with E-state index in [0.29, 0.717) is 11.8 Å². The summed E-state index contributed by atoms with van der Waals surface area (Å²) in [5.74, 6) is -0.203. The third-order valence-electron chi connectivity index (χ3n) is 6.94. The summed E-state index contributed by atoms with van der Waals surface area (Å²) in [6.45, 7) is 0. The molecule has 0 amide bonds. The standard InChI is InChI=1S/C21H18O4/c1-3-7-12(8-4-1)20-16-14-11-15-17(16)21(25-20,13-9-5-2-6-10-13)24-19(15)22-18(14)23-20/h1-10,14-19H,11H2/t14-,15+,16-,17+,18+,19-,20+,21-. The lowest BCUT2D eigenvalue weighted by molar-refractivity contribution is -0.421. The SMILES string of the molecule is c1ccc([C@]23O[C@@H]4O[C@@H]5O[C@](c6ccccc6)(O2)[C@H]2[C@@H]5C[C@@H]4[C@H]23)cc1. The van der Waals surface area contributed by atoms with E-state index in [9.17, 15) is 0 Å². The van der Waals surface area contributed by atoms with Crippen LogP contribution >= 0.6 is 0 Å². The molecule has 2 aromatic carbocycles. The van der Waals surface area contributed by atoms with E-state index in [4.69, 9.17) is 18.9 Å². The van der Waals surface area contributed by atoms with Gasteiger partial charge in [-0.3, -0.25) is 0 Å². The minimum atomic E-state index is -0.767. The van der Waals surface area contributed by atoms with Gasteiger partial charge in [0.15, 0.2) is 12.6 Å². The summed E-state index contributed by atoms with van der Waals surface area (Å²) in [4.78, 5) is 0. The van der Waals surface area contributed by atoms with E-state index < -0.39 is 11.6 Å². The van der Waals surface area contributed by atoms with Crippen LogP contribution in [0, 0.1) is 23.7 Å². The van der Waals surface area contributed by atoms with Crippen molar-refractivity contribution >= 4 is 0 Å². The topological polar surface area (TPSA) is 36.9 Å². The maximum absolute atomic E-state index is 6.83. The molecule has 25 heavy (non-hydrogen) atoms. The van der Waals surface area contributed by atoms with Crippen molar-refractivity contribution in [3.8, 4) is 0 Å². The lowest BCUT2D eigenvalue weighted by Crippen LogP contribution is -2.43. The zero-order valence-corrected chi connectivity index (χ0v) is 13.6. The van der Waals surface area contributed by atoms with Crippen molar-refractivity contribution in [2.75, 3.05) is 0 Å². The quantitative estimate of drug-likeness (QED) is 0.844. The number of hydrogen-bond acceptors (Lipinski definition) is 4. The Labute approximate surface area is 145 Å². The average Bonchev–Trinajstić information content (AvgIpc) is 3.33. The molecule has 0 aromatic heterocycles. The van der Waals surface area contributed by atoms with Gasteiger partial charge in [-0.15, -0.1) is 0 Å². The van der Waals surface area contributed by atoms with E-state index >= 15 is 0 Å². The molecule has 2 bridgehead atoms. The minimum absolute atomic E-state index is 0.217. The van der Waals surface area contributed by atoms with Gasteiger partial charge >= 0.3 is 0 Å². The molecule has 0 radical (unpaired) electrons. The number of hydrogen-bond donors (Lipinski definition) is 0. The van der Waals surface area contributed by atoms with E-state index in [1.165, 1.54) is 0 Å². The van der Waals surface area contributed by atoms with E-state index in [-0.39, 0.29) is 24.4 Å². The first-order valence-corrected chi connectivity index (χ1v) is 9.14. The van der Waals surface area contributed by atoms with Crippen molar-refractivity contribution in [1.82, 2.24) is 0 Å². The van der Waals surface area contributed by atoms with Gasteiger partial charge in [0.1, 0.15) is 0 Å². The highest BCUT2D eigenvalue weighted by Crippen LogP contribution is 2.76. The maximum Gasteiger partial charge on any atom is 0.204 e. The molecule has 0 unspecified atom stereocenters.